The molecule has 2 heterocycles. The molecule has 1 fully saturated rings. The number of ether oxygens (including phenoxy) is 1. The minimum Gasteiger partial charge on any atom is -0.497 e. The predicted molar refractivity (Wildman–Crippen MR) is 135 cm³/mol. The quantitative estimate of drug-likeness (QED) is 0.215. The van der Waals surface area contributed by atoms with Crippen molar-refractivity contribution in [1.29, 1.82) is 0 Å². The van der Waals surface area contributed by atoms with Gasteiger partial charge in [-0.3, -0.25) is 19.3 Å². The van der Waals surface area contributed by atoms with E-state index in [0.717, 1.165) is 26.8 Å². The van der Waals surface area contributed by atoms with Gasteiger partial charge in [0.1, 0.15) is 11.6 Å². The van der Waals surface area contributed by atoms with Gasteiger partial charge in [-0.15, -0.1) is 0 Å². The zero-order valence-electron chi connectivity index (χ0n) is 19.1. The highest BCUT2D eigenvalue weighted by Crippen LogP contribution is 2.31. The largest absolute Gasteiger partial charge is 0.497 e. The van der Waals surface area contributed by atoms with Gasteiger partial charge in [0.15, 0.2) is 0 Å². The number of methoxy groups -OCH3 is 1. The molecule has 0 N–H and O–H groups in total. The van der Waals surface area contributed by atoms with Crippen LogP contribution in [0.5, 0.6) is 5.75 Å². The third kappa shape index (κ3) is 4.58. The van der Waals surface area contributed by atoms with Gasteiger partial charge >= 0.3 is 0 Å². The zero-order valence-corrected chi connectivity index (χ0v) is 19.9. The van der Waals surface area contributed by atoms with Crippen LogP contribution in [-0.2, 0) is 9.59 Å². The van der Waals surface area contributed by atoms with Crippen molar-refractivity contribution in [1.82, 2.24) is 4.98 Å². The van der Waals surface area contributed by atoms with Gasteiger partial charge < -0.3 is 4.74 Å². The minimum absolute atomic E-state index is 0.172. The van der Waals surface area contributed by atoms with E-state index in [1.807, 2.05) is 0 Å². The molecule has 3 amide bonds. The minimum atomic E-state index is -0.482. The van der Waals surface area contributed by atoms with Crippen LogP contribution < -0.4 is 14.6 Å². The monoisotopic (exact) mass is 502 g/mol. The van der Waals surface area contributed by atoms with Gasteiger partial charge in [0.05, 0.1) is 29.2 Å². The molecule has 0 aliphatic carbocycles. The normalized spacial score (nSPS) is 13.7. The van der Waals surface area contributed by atoms with Crippen molar-refractivity contribution in [2.75, 3.05) is 17.0 Å². The lowest BCUT2D eigenvalue weighted by molar-refractivity contribution is -0.121. The van der Waals surface area contributed by atoms with Crippen LogP contribution in [0.15, 0.2) is 71.8 Å². The van der Waals surface area contributed by atoms with Crippen LogP contribution in [0.2, 0.25) is 0 Å². The van der Waals surface area contributed by atoms with Gasteiger partial charge in [0.25, 0.3) is 5.91 Å². The smallest absolute Gasteiger partial charge is 0.280 e. The van der Waals surface area contributed by atoms with E-state index in [4.69, 9.17) is 4.74 Å². The molecule has 180 valence electrons. The third-order valence-electron chi connectivity index (χ3n) is 5.57. The Kier molecular flexibility index (Phi) is 6.26. The van der Waals surface area contributed by atoms with E-state index in [1.165, 1.54) is 30.5 Å². The average molecular weight is 503 g/mol. The first-order valence-electron chi connectivity index (χ1n) is 11.0. The number of aromatic nitrogens is 1. The molecule has 0 spiro atoms. The van der Waals surface area contributed by atoms with Crippen LogP contribution in [-0.4, -0.2) is 36.0 Å². The number of halogens is 1. The lowest BCUT2D eigenvalue weighted by Gasteiger charge is -2.16. The first kappa shape index (κ1) is 23.3. The van der Waals surface area contributed by atoms with Crippen LogP contribution in [0, 0.1) is 5.82 Å². The average Bonchev–Trinajstić information content (AvgIpc) is 3.46. The first-order chi connectivity index (χ1) is 17.4. The van der Waals surface area contributed by atoms with Crippen LogP contribution >= 0.6 is 11.3 Å². The Morgan fingerprint density at radius 2 is 1.75 bits per heavy atom. The molecule has 10 heteroatoms. The zero-order chi connectivity index (χ0) is 25.2. The summed E-state index contributed by atoms with van der Waals surface area (Å²) >= 11 is 1.13. The molecule has 1 aromatic heterocycles. The highest BCUT2D eigenvalue weighted by atomic mass is 32.1. The van der Waals surface area contributed by atoms with Gasteiger partial charge in [-0.05, 0) is 72.3 Å². The standard InChI is InChI=1S/C26H19FN4O4S/c1-35-20-9-2-16(3-10-20)15-28-31(26-29-21-11-6-18(27)14-22(21)36-26)25(34)17-4-7-19(8-5-17)30-23(32)12-13-24(30)33/h2-11,14-15H,12-13H2,1H3/b28-15+. The van der Waals surface area contributed by atoms with Crippen molar-refractivity contribution >= 4 is 56.3 Å². The Morgan fingerprint density at radius 3 is 2.42 bits per heavy atom. The van der Waals surface area contributed by atoms with Crippen LogP contribution in [0.4, 0.5) is 15.2 Å². The maximum atomic E-state index is 13.7. The van der Waals surface area contributed by atoms with Gasteiger partial charge in [0, 0.05) is 18.4 Å². The van der Waals surface area contributed by atoms with Crippen molar-refractivity contribution < 1.29 is 23.5 Å². The summed E-state index contributed by atoms with van der Waals surface area (Å²) in [6, 6.07) is 17.5. The summed E-state index contributed by atoms with van der Waals surface area (Å²) in [4.78, 5) is 43.2. The van der Waals surface area contributed by atoms with Crippen LogP contribution in [0.25, 0.3) is 10.2 Å². The van der Waals surface area contributed by atoms with Crippen molar-refractivity contribution in [2.45, 2.75) is 12.8 Å². The van der Waals surface area contributed by atoms with Crippen molar-refractivity contribution in [3.8, 4) is 5.75 Å². The van der Waals surface area contributed by atoms with E-state index in [1.54, 1.807) is 49.6 Å². The fraction of sp³-hybridized carbons (Fsp3) is 0.115. The number of amides is 3. The van der Waals surface area contributed by atoms with Crippen LogP contribution in [0.3, 0.4) is 0 Å². The Balaban J connectivity index is 1.49. The number of hydrogen-bond acceptors (Lipinski definition) is 7. The second kappa shape index (κ2) is 9.67. The molecular weight excluding hydrogens is 483 g/mol. The molecular formula is C26H19FN4O4S. The van der Waals surface area contributed by atoms with Gasteiger partial charge in [0.2, 0.25) is 16.9 Å². The topological polar surface area (TPSA) is 92.2 Å². The lowest BCUT2D eigenvalue weighted by atomic mass is 10.2. The third-order valence-corrected chi connectivity index (χ3v) is 6.57. The molecule has 3 aromatic carbocycles. The number of nitrogens with zero attached hydrogens (tertiary/aromatic N) is 4. The molecule has 1 saturated heterocycles. The highest BCUT2D eigenvalue weighted by molar-refractivity contribution is 7.22. The number of anilines is 2. The summed E-state index contributed by atoms with van der Waals surface area (Å²) in [5.41, 5.74) is 1.94. The first-order valence-corrected chi connectivity index (χ1v) is 11.8. The summed E-state index contributed by atoms with van der Waals surface area (Å²) in [7, 11) is 1.57. The maximum Gasteiger partial charge on any atom is 0.280 e. The van der Waals surface area contributed by atoms with E-state index >= 15 is 0 Å². The molecule has 0 unspecified atom stereocenters. The molecule has 36 heavy (non-hydrogen) atoms. The van der Waals surface area contributed by atoms with Crippen molar-refractivity contribution in [2.24, 2.45) is 5.10 Å². The van der Waals surface area contributed by atoms with E-state index < -0.39 is 11.7 Å². The number of rotatable bonds is 6. The summed E-state index contributed by atoms with van der Waals surface area (Å²) < 4.78 is 19.5. The second-order valence-electron chi connectivity index (χ2n) is 7.91. The number of benzene rings is 3. The highest BCUT2D eigenvalue weighted by Gasteiger charge is 2.30. The van der Waals surface area contributed by atoms with Crippen molar-refractivity contribution in [3.63, 3.8) is 0 Å². The van der Waals surface area contributed by atoms with E-state index in [2.05, 4.69) is 10.1 Å². The molecule has 0 saturated carbocycles. The van der Waals surface area contributed by atoms with Gasteiger partial charge in [-0.25, -0.2) is 9.37 Å². The summed E-state index contributed by atoms with van der Waals surface area (Å²) in [5, 5.41) is 5.80. The number of carbonyl (C=O) groups is 3. The lowest BCUT2D eigenvalue weighted by Crippen LogP contribution is -2.29. The second-order valence-corrected chi connectivity index (χ2v) is 8.92. The fourth-order valence-corrected chi connectivity index (χ4v) is 4.67. The number of carbonyl (C=O) groups excluding carboxylic acids is 3. The van der Waals surface area contributed by atoms with Gasteiger partial charge in [-0.1, -0.05) is 11.3 Å². The van der Waals surface area contributed by atoms with Crippen LogP contribution in [0.1, 0.15) is 28.8 Å². The molecule has 1 aliphatic rings. The molecule has 0 bridgehead atoms. The van der Waals surface area contributed by atoms with Crippen molar-refractivity contribution in [3.05, 3.63) is 83.7 Å². The molecule has 1 aliphatic heterocycles. The molecule has 4 aromatic rings. The SMILES string of the molecule is COc1ccc(/C=N/N(C(=O)c2ccc(N3C(=O)CCC3=O)cc2)c2nc3ccc(F)cc3s2)cc1. The molecule has 8 nitrogen and oxygen atoms in total. The van der Waals surface area contributed by atoms with Gasteiger partial charge in [-0.2, -0.15) is 10.1 Å². The molecule has 0 radical (unpaired) electrons. The fourth-order valence-electron chi connectivity index (χ4n) is 3.72. The predicted octanol–water partition coefficient (Wildman–Crippen LogP) is 4.78. The Bertz CT molecular complexity index is 1480. The summed E-state index contributed by atoms with van der Waals surface area (Å²) in [6.45, 7) is 0. The van der Waals surface area contributed by atoms with E-state index in [0.29, 0.717) is 21.7 Å². The number of thiazole rings is 1. The number of imide groups is 1. The summed E-state index contributed by atoms with van der Waals surface area (Å²) in [6.07, 6.45) is 1.86. The number of fused-ring (bicyclic) bond motifs is 1. The van der Waals surface area contributed by atoms with E-state index in [-0.39, 0.29) is 35.4 Å². The number of hydrazone groups is 1. The Hall–Kier alpha value is -4.44. The Labute approximate surface area is 209 Å². The van der Waals surface area contributed by atoms with E-state index in [9.17, 15) is 18.8 Å². The maximum absolute atomic E-state index is 13.7. The summed E-state index contributed by atoms with van der Waals surface area (Å²) in [5.74, 6) is -0.745. The number of hydrogen-bond donors (Lipinski definition) is 0. The Morgan fingerprint density at radius 1 is 1.06 bits per heavy atom. The molecule has 0 atom stereocenters. The molecule has 5 rings (SSSR count).